The molecule has 0 radical (unpaired) electrons. The molecule has 0 bridgehead atoms. The lowest BCUT2D eigenvalue weighted by molar-refractivity contribution is -0.125. The van der Waals surface area contributed by atoms with Gasteiger partial charge in [0.05, 0.1) is 15.4 Å². The van der Waals surface area contributed by atoms with Gasteiger partial charge in [-0.05, 0) is 72.3 Å². The number of nitrogens with one attached hydrogen (secondary N) is 2. The number of amides is 4. The second-order valence-electron chi connectivity index (χ2n) is 9.68. The van der Waals surface area contributed by atoms with Gasteiger partial charge in [-0.15, -0.1) is 11.3 Å². The Morgan fingerprint density at radius 3 is 2.89 bits per heavy atom. The third-order valence-electron chi connectivity index (χ3n) is 6.85. The standard InChI is InChI=1S/C25H27BrN6O5S/c1-25(2)21(33)30-23(34)32(25)9-7-27-22-28-12-17(26)20(29-22)19-11-14-10-16(5-6-18(14)38-19)37-13-15-4-3-8-31(15)24(35)36/h5-6,10-12,15H,3-4,7-9,13H2,1-2H3,(H,35,36)(H,27,28,29)(H,30,33,34). The zero-order valence-electron chi connectivity index (χ0n) is 20.9. The van der Waals surface area contributed by atoms with Crippen LogP contribution in [-0.4, -0.2) is 80.7 Å². The summed E-state index contributed by atoms with van der Waals surface area (Å²) in [5.74, 6) is 0.785. The number of hydrogen-bond donors (Lipinski definition) is 3. The van der Waals surface area contributed by atoms with Gasteiger partial charge in [0.15, 0.2) is 0 Å². The molecule has 2 aliphatic rings. The summed E-state index contributed by atoms with van der Waals surface area (Å²) in [5, 5.41) is 15.8. The first-order valence-corrected chi connectivity index (χ1v) is 13.8. The normalized spacial score (nSPS) is 18.8. The molecule has 1 aromatic carbocycles. The van der Waals surface area contributed by atoms with Crippen LogP contribution in [0.25, 0.3) is 20.7 Å². The van der Waals surface area contributed by atoms with E-state index in [1.165, 1.54) is 9.80 Å². The number of imide groups is 1. The molecule has 13 heteroatoms. The molecule has 4 amide bonds. The van der Waals surface area contributed by atoms with E-state index in [0.717, 1.165) is 38.0 Å². The number of rotatable bonds is 8. The summed E-state index contributed by atoms with van der Waals surface area (Å²) < 4.78 is 7.76. The number of carbonyl (C=O) groups is 3. The van der Waals surface area contributed by atoms with E-state index in [4.69, 9.17) is 4.74 Å². The number of aromatic nitrogens is 2. The molecule has 2 aromatic heterocycles. The third kappa shape index (κ3) is 5.12. The maximum atomic E-state index is 12.1. The number of nitrogens with zero attached hydrogens (tertiary/aromatic N) is 4. The summed E-state index contributed by atoms with van der Waals surface area (Å²) in [6.07, 6.45) is 2.42. The lowest BCUT2D eigenvalue weighted by atomic mass is 10.0. The predicted molar refractivity (Wildman–Crippen MR) is 147 cm³/mol. The molecule has 4 heterocycles. The van der Waals surface area contributed by atoms with Crippen molar-refractivity contribution >= 4 is 61.3 Å². The van der Waals surface area contributed by atoms with E-state index < -0.39 is 17.7 Å². The molecule has 38 heavy (non-hydrogen) atoms. The van der Waals surface area contributed by atoms with Gasteiger partial charge < -0.3 is 25.0 Å². The molecule has 0 saturated carbocycles. The number of likely N-dealkylation sites (tertiary alicyclic amines) is 1. The molecule has 2 aliphatic heterocycles. The van der Waals surface area contributed by atoms with Gasteiger partial charge in [-0.3, -0.25) is 10.1 Å². The van der Waals surface area contributed by atoms with E-state index in [-0.39, 0.29) is 11.9 Å². The van der Waals surface area contributed by atoms with Crippen molar-refractivity contribution in [1.29, 1.82) is 0 Å². The first-order chi connectivity index (χ1) is 18.1. The van der Waals surface area contributed by atoms with E-state index in [1.807, 2.05) is 24.3 Å². The number of hydrogen-bond acceptors (Lipinski definition) is 8. The van der Waals surface area contributed by atoms with E-state index in [1.54, 1.807) is 31.4 Å². The molecule has 3 aromatic rings. The minimum absolute atomic E-state index is 0.129. The van der Waals surface area contributed by atoms with Crippen LogP contribution < -0.4 is 15.4 Å². The van der Waals surface area contributed by atoms with Crippen LogP contribution in [0.5, 0.6) is 5.75 Å². The van der Waals surface area contributed by atoms with E-state index in [0.29, 0.717) is 37.9 Å². The van der Waals surface area contributed by atoms with Gasteiger partial charge in [0, 0.05) is 30.5 Å². The van der Waals surface area contributed by atoms with Crippen molar-refractivity contribution in [3.8, 4) is 16.3 Å². The van der Waals surface area contributed by atoms with E-state index >= 15 is 0 Å². The highest BCUT2D eigenvalue weighted by molar-refractivity contribution is 9.10. The second-order valence-corrected chi connectivity index (χ2v) is 11.6. The summed E-state index contributed by atoms with van der Waals surface area (Å²) in [4.78, 5) is 48.3. The van der Waals surface area contributed by atoms with E-state index in [2.05, 4.69) is 36.5 Å². The van der Waals surface area contributed by atoms with Gasteiger partial charge in [-0.2, -0.15) is 0 Å². The quantitative estimate of drug-likeness (QED) is 0.323. The maximum absolute atomic E-state index is 12.1. The number of thiophene rings is 1. The average molecular weight is 603 g/mol. The van der Waals surface area contributed by atoms with Crippen molar-refractivity contribution < 1.29 is 24.2 Å². The number of ether oxygens (including phenoxy) is 1. The van der Waals surface area contributed by atoms with Gasteiger partial charge in [0.2, 0.25) is 5.95 Å². The van der Waals surface area contributed by atoms with Crippen LogP contribution in [0.15, 0.2) is 34.9 Å². The molecule has 0 spiro atoms. The van der Waals surface area contributed by atoms with Crippen molar-refractivity contribution in [3.63, 3.8) is 0 Å². The van der Waals surface area contributed by atoms with Crippen molar-refractivity contribution in [2.24, 2.45) is 0 Å². The largest absolute Gasteiger partial charge is 0.491 e. The zero-order chi connectivity index (χ0) is 27.0. The molecule has 5 rings (SSSR count). The molecule has 2 fully saturated rings. The Kier molecular flexibility index (Phi) is 7.14. The minimum Gasteiger partial charge on any atom is -0.491 e. The van der Waals surface area contributed by atoms with Crippen LogP contribution in [0.3, 0.4) is 0 Å². The molecule has 0 aliphatic carbocycles. The summed E-state index contributed by atoms with van der Waals surface area (Å²) in [5.41, 5.74) is -0.180. The SMILES string of the molecule is CC1(C)C(=O)NC(=O)N1CCNc1ncc(Br)c(-c2cc3cc(OCC4CCCN4C(=O)O)ccc3s2)n1. The van der Waals surface area contributed by atoms with E-state index in [9.17, 15) is 19.5 Å². The van der Waals surface area contributed by atoms with Crippen LogP contribution in [0.1, 0.15) is 26.7 Å². The second kappa shape index (κ2) is 10.4. The molecule has 2 saturated heterocycles. The highest BCUT2D eigenvalue weighted by atomic mass is 79.9. The van der Waals surface area contributed by atoms with Crippen molar-refractivity contribution in [1.82, 2.24) is 25.1 Å². The fourth-order valence-corrected chi connectivity index (χ4v) is 6.24. The van der Waals surface area contributed by atoms with Gasteiger partial charge in [0.1, 0.15) is 23.6 Å². The van der Waals surface area contributed by atoms with Crippen LogP contribution in [0.4, 0.5) is 15.5 Å². The molecule has 11 nitrogen and oxygen atoms in total. The lowest BCUT2D eigenvalue weighted by Gasteiger charge is -2.27. The Morgan fingerprint density at radius 1 is 1.34 bits per heavy atom. The zero-order valence-corrected chi connectivity index (χ0v) is 23.3. The number of fused-ring (bicyclic) bond motifs is 1. The van der Waals surface area contributed by atoms with Crippen LogP contribution >= 0.6 is 27.3 Å². The summed E-state index contributed by atoms with van der Waals surface area (Å²) in [6.45, 7) is 4.98. The molecular weight excluding hydrogens is 576 g/mol. The van der Waals surface area contributed by atoms with Crippen LogP contribution in [-0.2, 0) is 4.79 Å². The Balaban J connectivity index is 1.26. The Hall–Kier alpha value is -3.45. The van der Waals surface area contributed by atoms with Gasteiger partial charge in [0.25, 0.3) is 5.91 Å². The van der Waals surface area contributed by atoms with Gasteiger partial charge in [-0.1, -0.05) is 0 Å². The topological polar surface area (TPSA) is 137 Å². The van der Waals surface area contributed by atoms with Gasteiger partial charge in [-0.25, -0.2) is 19.6 Å². The fourth-order valence-electron chi connectivity index (χ4n) is 4.66. The Bertz CT molecular complexity index is 1410. The molecule has 200 valence electrons. The van der Waals surface area contributed by atoms with Crippen molar-refractivity contribution in [3.05, 3.63) is 34.9 Å². The minimum atomic E-state index is -0.906. The smallest absolute Gasteiger partial charge is 0.407 e. The molecule has 1 unspecified atom stereocenters. The maximum Gasteiger partial charge on any atom is 0.407 e. The number of benzene rings is 1. The van der Waals surface area contributed by atoms with Crippen LogP contribution in [0, 0.1) is 0 Å². The lowest BCUT2D eigenvalue weighted by Crippen LogP contribution is -2.46. The monoisotopic (exact) mass is 602 g/mol. The number of anilines is 1. The first kappa shape index (κ1) is 26.2. The number of carboxylic acid groups (broad SMARTS) is 1. The summed E-state index contributed by atoms with van der Waals surface area (Å²) in [6, 6.07) is 7.33. The highest BCUT2D eigenvalue weighted by Gasteiger charge is 2.45. The fraction of sp³-hybridized carbons (Fsp3) is 0.400. The van der Waals surface area contributed by atoms with Crippen LogP contribution in [0.2, 0.25) is 0 Å². The summed E-state index contributed by atoms with van der Waals surface area (Å²) in [7, 11) is 0. The predicted octanol–water partition coefficient (Wildman–Crippen LogP) is 4.38. The van der Waals surface area contributed by atoms with Crippen molar-refractivity contribution in [2.75, 3.05) is 31.6 Å². The number of carbonyl (C=O) groups excluding carboxylic acids is 2. The Morgan fingerprint density at radius 2 is 2.16 bits per heavy atom. The average Bonchev–Trinajstić information content (AvgIpc) is 3.56. The highest BCUT2D eigenvalue weighted by Crippen LogP contribution is 2.37. The molecule has 1 atom stereocenters. The summed E-state index contributed by atoms with van der Waals surface area (Å²) >= 11 is 5.13. The number of urea groups is 1. The Labute approximate surface area is 231 Å². The van der Waals surface area contributed by atoms with Gasteiger partial charge >= 0.3 is 12.1 Å². The molecule has 3 N–H and O–H groups in total. The third-order valence-corrected chi connectivity index (χ3v) is 8.55. The molecular formula is C25H27BrN6O5S. The number of halogens is 1. The first-order valence-electron chi connectivity index (χ1n) is 12.2. The van der Waals surface area contributed by atoms with Crippen molar-refractivity contribution in [2.45, 2.75) is 38.3 Å².